The minimum atomic E-state index is 1.06. The molecule has 1 aliphatic rings. The van der Waals surface area contributed by atoms with E-state index >= 15 is 0 Å². The molecule has 0 aromatic rings. The van der Waals surface area contributed by atoms with E-state index in [1.165, 1.54) is 74.9 Å². The Morgan fingerprint density at radius 2 is 1.25 bits per heavy atom. The molecule has 0 aromatic carbocycles. The molecule has 1 aliphatic carbocycles. The van der Waals surface area contributed by atoms with E-state index in [-0.39, 0.29) is 0 Å². The lowest BCUT2D eigenvalue weighted by molar-refractivity contribution is 0.237. The van der Waals surface area contributed by atoms with E-state index in [1.54, 1.807) is 0 Å². The molecule has 2 unspecified atom stereocenters. The Kier molecular flexibility index (Phi) is 9.33. The Morgan fingerprint density at radius 1 is 0.750 bits per heavy atom. The topological polar surface area (TPSA) is 0 Å². The van der Waals surface area contributed by atoms with Crippen molar-refractivity contribution in [3.05, 3.63) is 0 Å². The molecule has 2 atom stereocenters. The average molecular weight is 354 g/mol. The molecule has 0 saturated heterocycles. The van der Waals surface area contributed by atoms with Gasteiger partial charge in [-0.15, -0.1) is 0 Å². The number of alkyl halides is 2. The van der Waals surface area contributed by atoms with E-state index < -0.39 is 0 Å². The van der Waals surface area contributed by atoms with Gasteiger partial charge in [0.25, 0.3) is 0 Å². The largest absolute Gasteiger partial charge is 0.0928 e. The molecule has 0 aliphatic heterocycles. The molecular weight excluding hydrogens is 328 g/mol. The molecule has 0 N–H and O–H groups in total. The van der Waals surface area contributed by atoms with Crippen LogP contribution in [0.25, 0.3) is 0 Å². The second kappa shape index (κ2) is 9.94. The second-order valence-electron chi connectivity index (χ2n) is 5.27. The zero-order chi connectivity index (χ0) is 11.6. The normalized spacial score (nSPS) is 25.9. The van der Waals surface area contributed by atoms with Crippen molar-refractivity contribution >= 4 is 31.9 Å². The summed E-state index contributed by atoms with van der Waals surface area (Å²) in [6.45, 7) is 0. The fourth-order valence-electron chi connectivity index (χ4n) is 2.98. The third kappa shape index (κ3) is 6.64. The fourth-order valence-corrected chi connectivity index (χ4v) is 3.77. The molecule has 0 heterocycles. The summed E-state index contributed by atoms with van der Waals surface area (Å²) < 4.78 is 0. The zero-order valence-electron chi connectivity index (χ0n) is 10.4. The summed E-state index contributed by atoms with van der Waals surface area (Å²) in [7, 11) is 0. The standard InChI is InChI=1S/C14H26Br2/c15-10-3-1-6-13-8-5-9-14(12-13)7-2-4-11-16/h13-14H,1-12H2. The van der Waals surface area contributed by atoms with Crippen LogP contribution in [-0.4, -0.2) is 10.7 Å². The maximum absolute atomic E-state index is 3.52. The van der Waals surface area contributed by atoms with Crippen LogP contribution in [0.2, 0.25) is 0 Å². The van der Waals surface area contributed by atoms with E-state index in [1.807, 2.05) is 0 Å². The highest BCUT2D eigenvalue weighted by atomic mass is 79.9. The lowest BCUT2D eigenvalue weighted by Crippen LogP contribution is -2.15. The van der Waals surface area contributed by atoms with E-state index in [0.29, 0.717) is 0 Å². The number of unbranched alkanes of at least 4 members (excludes halogenated alkanes) is 2. The minimum absolute atomic E-state index is 1.06. The van der Waals surface area contributed by atoms with Crippen molar-refractivity contribution in [2.45, 2.75) is 64.2 Å². The second-order valence-corrected chi connectivity index (χ2v) is 6.85. The molecule has 2 heteroatoms. The van der Waals surface area contributed by atoms with Crippen molar-refractivity contribution in [1.82, 2.24) is 0 Å². The Bertz CT molecular complexity index is 143. The summed E-state index contributed by atoms with van der Waals surface area (Å²) >= 11 is 7.05. The first kappa shape index (κ1) is 15.0. The molecule has 16 heavy (non-hydrogen) atoms. The van der Waals surface area contributed by atoms with Crippen molar-refractivity contribution in [1.29, 1.82) is 0 Å². The molecule has 0 aromatic heterocycles. The first-order valence-electron chi connectivity index (χ1n) is 6.98. The summed E-state index contributed by atoms with van der Waals surface area (Å²) in [5, 5.41) is 2.38. The smallest absolute Gasteiger partial charge is 0.00313 e. The molecular formula is C14H26Br2. The van der Waals surface area contributed by atoms with Gasteiger partial charge in [0.15, 0.2) is 0 Å². The number of hydrogen-bond donors (Lipinski definition) is 0. The lowest BCUT2D eigenvalue weighted by Gasteiger charge is -2.29. The van der Waals surface area contributed by atoms with Gasteiger partial charge in [-0.25, -0.2) is 0 Å². The van der Waals surface area contributed by atoms with Gasteiger partial charge in [-0.05, 0) is 31.1 Å². The lowest BCUT2D eigenvalue weighted by atomic mass is 9.77. The van der Waals surface area contributed by atoms with Gasteiger partial charge in [0, 0.05) is 10.7 Å². The van der Waals surface area contributed by atoms with Gasteiger partial charge in [-0.2, -0.15) is 0 Å². The van der Waals surface area contributed by atoms with Crippen LogP contribution in [0.3, 0.4) is 0 Å². The highest BCUT2D eigenvalue weighted by Crippen LogP contribution is 2.34. The van der Waals surface area contributed by atoms with Gasteiger partial charge in [0.05, 0.1) is 0 Å². The van der Waals surface area contributed by atoms with Crippen LogP contribution in [0, 0.1) is 11.8 Å². The van der Waals surface area contributed by atoms with Crippen molar-refractivity contribution in [2.24, 2.45) is 11.8 Å². The zero-order valence-corrected chi connectivity index (χ0v) is 13.6. The SMILES string of the molecule is BrCCCCC1CCCC(CCCCBr)C1. The molecule has 0 nitrogen and oxygen atoms in total. The van der Waals surface area contributed by atoms with E-state index in [4.69, 9.17) is 0 Å². The monoisotopic (exact) mass is 352 g/mol. The molecule has 0 spiro atoms. The van der Waals surface area contributed by atoms with Crippen molar-refractivity contribution < 1.29 is 0 Å². The fraction of sp³-hybridized carbons (Fsp3) is 1.00. The average Bonchev–Trinajstić information content (AvgIpc) is 2.30. The van der Waals surface area contributed by atoms with Crippen LogP contribution < -0.4 is 0 Å². The Labute approximate surface area is 118 Å². The predicted molar refractivity (Wildman–Crippen MR) is 80.7 cm³/mol. The molecule has 0 radical (unpaired) electrons. The third-order valence-electron chi connectivity index (χ3n) is 3.88. The van der Waals surface area contributed by atoms with E-state index in [2.05, 4.69) is 31.9 Å². The summed E-state index contributed by atoms with van der Waals surface area (Å²) in [4.78, 5) is 0. The summed E-state index contributed by atoms with van der Waals surface area (Å²) in [6.07, 6.45) is 14.6. The summed E-state index contributed by atoms with van der Waals surface area (Å²) in [6, 6.07) is 0. The highest BCUT2D eigenvalue weighted by Gasteiger charge is 2.20. The van der Waals surface area contributed by atoms with Gasteiger partial charge in [-0.3, -0.25) is 0 Å². The first-order chi connectivity index (χ1) is 7.86. The van der Waals surface area contributed by atoms with Crippen LogP contribution in [0.15, 0.2) is 0 Å². The van der Waals surface area contributed by atoms with E-state index in [0.717, 1.165) is 11.8 Å². The predicted octanol–water partition coefficient (Wildman–Crippen LogP) is 5.92. The quantitative estimate of drug-likeness (QED) is 0.375. The molecule has 1 rings (SSSR count). The van der Waals surface area contributed by atoms with Gasteiger partial charge in [0.2, 0.25) is 0 Å². The molecule has 0 bridgehead atoms. The van der Waals surface area contributed by atoms with Crippen molar-refractivity contribution in [2.75, 3.05) is 10.7 Å². The number of halogens is 2. The maximum atomic E-state index is 3.52. The number of rotatable bonds is 8. The van der Waals surface area contributed by atoms with Crippen molar-refractivity contribution in [3.8, 4) is 0 Å². The summed E-state index contributed by atoms with van der Waals surface area (Å²) in [5.74, 6) is 2.11. The van der Waals surface area contributed by atoms with E-state index in [9.17, 15) is 0 Å². The Morgan fingerprint density at radius 3 is 1.69 bits per heavy atom. The number of hydrogen-bond acceptors (Lipinski definition) is 0. The molecule has 1 fully saturated rings. The molecule has 96 valence electrons. The van der Waals surface area contributed by atoms with Crippen molar-refractivity contribution in [3.63, 3.8) is 0 Å². The minimum Gasteiger partial charge on any atom is -0.0928 e. The van der Waals surface area contributed by atoms with Gasteiger partial charge >= 0.3 is 0 Å². The van der Waals surface area contributed by atoms with Gasteiger partial charge < -0.3 is 0 Å². The van der Waals surface area contributed by atoms with Crippen LogP contribution in [0.1, 0.15) is 64.2 Å². The molecule has 1 saturated carbocycles. The van der Waals surface area contributed by atoms with Crippen LogP contribution in [-0.2, 0) is 0 Å². The first-order valence-corrected chi connectivity index (χ1v) is 9.23. The van der Waals surface area contributed by atoms with Gasteiger partial charge in [-0.1, -0.05) is 76.8 Å². The van der Waals surface area contributed by atoms with Gasteiger partial charge in [0.1, 0.15) is 0 Å². The maximum Gasteiger partial charge on any atom is 0.00313 e. The summed E-state index contributed by atoms with van der Waals surface area (Å²) in [5.41, 5.74) is 0. The Balaban J connectivity index is 2.09. The van der Waals surface area contributed by atoms with Crippen LogP contribution >= 0.6 is 31.9 Å². The Hall–Kier alpha value is 0.960. The van der Waals surface area contributed by atoms with Crippen LogP contribution in [0.4, 0.5) is 0 Å². The van der Waals surface area contributed by atoms with Crippen LogP contribution in [0.5, 0.6) is 0 Å². The highest BCUT2D eigenvalue weighted by molar-refractivity contribution is 9.09. The molecule has 0 amide bonds. The third-order valence-corrected chi connectivity index (χ3v) is 5.00.